The van der Waals surface area contributed by atoms with Gasteiger partial charge in [-0.2, -0.15) is 5.10 Å². The molecule has 6 rings (SSSR count). The predicted octanol–water partition coefficient (Wildman–Crippen LogP) is 6.50. The topological polar surface area (TPSA) is 112 Å². The third-order valence-corrected chi connectivity index (χ3v) is 6.46. The molecule has 0 aliphatic rings. The van der Waals surface area contributed by atoms with Gasteiger partial charge in [0, 0.05) is 40.9 Å². The molecule has 38 heavy (non-hydrogen) atoms. The number of rotatable bonds is 7. The number of hydrogen-bond acceptors (Lipinski definition) is 5. The molecule has 0 bridgehead atoms. The minimum atomic E-state index is -0.335. The number of imidazole rings is 1. The molecule has 0 spiro atoms. The highest BCUT2D eigenvalue weighted by atomic mass is 19.1. The van der Waals surface area contributed by atoms with Crippen LogP contribution in [0.4, 0.5) is 10.1 Å². The largest absolute Gasteiger partial charge is 0.335 e. The van der Waals surface area contributed by atoms with E-state index in [1.54, 1.807) is 43.0 Å². The first-order chi connectivity index (χ1) is 18.6. The Morgan fingerprint density at radius 1 is 0.947 bits per heavy atom. The minimum Gasteiger partial charge on any atom is -0.335 e. The maximum Gasteiger partial charge on any atom is 0.224 e. The second-order valence-corrected chi connectivity index (χ2v) is 9.10. The number of benzene rings is 2. The highest BCUT2D eigenvalue weighted by Gasteiger charge is 2.17. The van der Waals surface area contributed by atoms with Crippen molar-refractivity contribution >= 4 is 33.5 Å². The quantitative estimate of drug-likeness (QED) is 0.229. The summed E-state index contributed by atoms with van der Waals surface area (Å²) in [5.74, 6) is 0.190. The molecule has 0 atom stereocenters. The van der Waals surface area contributed by atoms with Crippen molar-refractivity contribution in [1.82, 2.24) is 30.1 Å². The number of amides is 1. The molecule has 1 amide bonds. The number of unbranched alkanes of at least 4 members (excludes halogenated alkanes) is 1. The van der Waals surface area contributed by atoms with Gasteiger partial charge in [-0.05, 0) is 36.2 Å². The monoisotopic (exact) mass is 505 g/mol. The van der Waals surface area contributed by atoms with E-state index in [-0.39, 0.29) is 11.7 Å². The summed E-state index contributed by atoms with van der Waals surface area (Å²) in [5.41, 5.74) is 6.25. The average molecular weight is 506 g/mol. The van der Waals surface area contributed by atoms with Gasteiger partial charge in [-0.1, -0.05) is 37.6 Å². The van der Waals surface area contributed by atoms with Crippen LogP contribution in [0.15, 0.2) is 73.3 Å². The van der Waals surface area contributed by atoms with Crippen LogP contribution >= 0.6 is 0 Å². The number of H-pyrrole nitrogens is 2. The third-order valence-electron chi connectivity index (χ3n) is 6.46. The fourth-order valence-corrected chi connectivity index (χ4v) is 4.52. The summed E-state index contributed by atoms with van der Waals surface area (Å²) in [6.07, 6.45) is 8.98. The number of halogens is 1. The van der Waals surface area contributed by atoms with Gasteiger partial charge >= 0.3 is 0 Å². The molecule has 188 valence electrons. The lowest BCUT2D eigenvalue weighted by Gasteiger charge is -2.07. The van der Waals surface area contributed by atoms with Crippen LogP contribution in [-0.2, 0) is 4.79 Å². The zero-order valence-corrected chi connectivity index (χ0v) is 20.6. The molecule has 6 aromatic rings. The number of aromatic amines is 2. The highest BCUT2D eigenvalue weighted by molar-refractivity contribution is 5.98. The highest BCUT2D eigenvalue weighted by Crippen LogP contribution is 2.33. The molecule has 4 aromatic heterocycles. The Hall–Kier alpha value is -4.92. The van der Waals surface area contributed by atoms with E-state index in [4.69, 9.17) is 4.98 Å². The second kappa shape index (κ2) is 9.85. The van der Waals surface area contributed by atoms with E-state index in [0.717, 1.165) is 34.9 Å². The van der Waals surface area contributed by atoms with Gasteiger partial charge in [0.25, 0.3) is 0 Å². The van der Waals surface area contributed by atoms with Crippen LogP contribution in [0, 0.1) is 5.82 Å². The van der Waals surface area contributed by atoms with Gasteiger partial charge in [0.1, 0.15) is 17.0 Å². The molecule has 0 radical (unpaired) electrons. The summed E-state index contributed by atoms with van der Waals surface area (Å²) in [7, 11) is 0. The van der Waals surface area contributed by atoms with Crippen LogP contribution in [-0.4, -0.2) is 36.0 Å². The Kier molecular flexibility index (Phi) is 6.09. The normalized spacial score (nSPS) is 11.3. The van der Waals surface area contributed by atoms with Crippen molar-refractivity contribution in [3.63, 3.8) is 0 Å². The summed E-state index contributed by atoms with van der Waals surface area (Å²) < 4.78 is 14.5. The summed E-state index contributed by atoms with van der Waals surface area (Å²) in [4.78, 5) is 28.9. The van der Waals surface area contributed by atoms with E-state index in [1.807, 2.05) is 24.3 Å². The molecular formula is C29H24FN7O. The minimum absolute atomic E-state index is 0.0208. The Balaban J connectivity index is 1.38. The first kappa shape index (κ1) is 23.5. The molecule has 2 aromatic carbocycles. The number of aromatic nitrogens is 6. The average Bonchev–Trinajstić information content (AvgIpc) is 3.56. The van der Waals surface area contributed by atoms with Crippen LogP contribution in [0.1, 0.15) is 26.2 Å². The Bertz CT molecular complexity index is 1790. The van der Waals surface area contributed by atoms with Gasteiger partial charge in [-0.25, -0.2) is 9.37 Å². The molecule has 0 unspecified atom stereocenters. The molecule has 0 saturated heterocycles. The molecule has 8 nitrogen and oxygen atoms in total. The molecule has 9 heteroatoms. The van der Waals surface area contributed by atoms with Crippen molar-refractivity contribution < 1.29 is 9.18 Å². The first-order valence-corrected chi connectivity index (χ1v) is 12.4. The zero-order valence-electron chi connectivity index (χ0n) is 20.6. The molecule has 3 N–H and O–H groups in total. The van der Waals surface area contributed by atoms with Crippen molar-refractivity contribution in [1.29, 1.82) is 0 Å². The van der Waals surface area contributed by atoms with Gasteiger partial charge in [0.15, 0.2) is 5.82 Å². The Morgan fingerprint density at radius 2 is 1.82 bits per heavy atom. The van der Waals surface area contributed by atoms with E-state index >= 15 is 0 Å². The van der Waals surface area contributed by atoms with Gasteiger partial charge in [0.05, 0.1) is 29.1 Å². The number of carbonyl (C=O) groups excluding carboxylic acids is 1. The van der Waals surface area contributed by atoms with Crippen LogP contribution in [0.25, 0.3) is 55.7 Å². The van der Waals surface area contributed by atoms with Gasteiger partial charge in [-0.15, -0.1) is 0 Å². The number of anilines is 1. The molecular weight excluding hydrogens is 481 g/mol. The van der Waals surface area contributed by atoms with Crippen LogP contribution in [0.3, 0.4) is 0 Å². The molecule has 0 aliphatic heterocycles. The number of nitrogens with one attached hydrogen (secondary N) is 3. The Morgan fingerprint density at radius 3 is 2.68 bits per heavy atom. The van der Waals surface area contributed by atoms with Crippen molar-refractivity contribution in [3.05, 3.63) is 79.1 Å². The Labute approximate surface area is 217 Å². The lowest BCUT2D eigenvalue weighted by Crippen LogP contribution is -2.11. The number of nitrogens with zero attached hydrogens (tertiary/aromatic N) is 4. The van der Waals surface area contributed by atoms with Crippen LogP contribution in [0.5, 0.6) is 0 Å². The van der Waals surface area contributed by atoms with Crippen molar-refractivity contribution in [2.75, 3.05) is 5.32 Å². The van der Waals surface area contributed by atoms with Crippen molar-refractivity contribution in [2.24, 2.45) is 0 Å². The molecule has 0 aliphatic carbocycles. The van der Waals surface area contributed by atoms with Crippen LogP contribution < -0.4 is 5.32 Å². The zero-order chi connectivity index (χ0) is 26.1. The molecule has 4 heterocycles. The van der Waals surface area contributed by atoms with Crippen molar-refractivity contribution in [3.8, 4) is 33.8 Å². The summed E-state index contributed by atoms with van der Waals surface area (Å²) in [6.45, 7) is 2.06. The maximum atomic E-state index is 14.5. The SMILES string of the molecule is CCCCC(=O)Nc1cncc(-c2ccc3[nH]nc(-c4nc5c(-c6ccccc6F)cncc5[nH]4)c3c2)c1. The second-order valence-electron chi connectivity index (χ2n) is 9.10. The summed E-state index contributed by atoms with van der Waals surface area (Å²) in [6, 6.07) is 14.4. The van der Waals surface area contributed by atoms with E-state index in [9.17, 15) is 9.18 Å². The summed E-state index contributed by atoms with van der Waals surface area (Å²) in [5, 5.41) is 11.4. The molecule has 0 saturated carbocycles. The van der Waals surface area contributed by atoms with Gasteiger partial charge in [0.2, 0.25) is 5.91 Å². The first-order valence-electron chi connectivity index (χ1n) is 12.4. The smallest absolute Gasteiger partial charge is 0.224 e. The lowest BCUT2D eigenvalue weighted by atomic mass is 10.0. The fraction of sp³-hybridized carbons (Fsp3) is 0.138. The molecule has 0 fully saturated rings. The predicted molar refractivity (Wildman–Crippen MR) is 146 cm³/mol. The van der Waals surface area contributed by atoms with Crippen molar-refractivity contribution in [2.45, 2.75) is 26.2 Å². The fourth-order valence-electron chi connectivity index (χ4n) is 4.52. The van der Waals surface area contributed by atoms with Crippen LogP contribution in [0.2, 0.25) is 0 Å². The van der Waals surface area contributed by atoms with E-state index in [0.29, 0.717) is 45.8 Å². The number of pyridine rings is 2. The third kappa shape index (κ3) is 4.39. The van der Waals surface area contributed by atoms with E-state index in [1.165, 1.54) is 6.07 Å². The van der Waals surface area contributed by atoms with E-state index in [2.05, 4.69) is 37.4 Å². The standard InChI is InChI=1S/C29H24FN7O/c1-2-3-8-26(38)33-19-11-18(13-31-14-19)17-9-10-24-21(12-17)28(37-36-24)29-34-25-16-32-15-22(27(25)35-29)20-6-4-5-7-23(20)30/h4-7,9-16H,2-3,8H2,1H3,(H,33,38)(H,34,35)(H,36,37). The number of hydrogen-bond donors (Lipinski definition) is 3. The maximum absolute atomic E-state index is 14.5. The number of carbonyl (C=O) groups is 1. The van der Waals surface area contributed by atoms with Gasteiger partial charge in [-0.3, -0.25) is 19.9 Å². The summed E-state index contributed by atoms with van der Waals surface area (Å²) >= 11 is 0. The lowest BCUT2D eigenvalue weighted by molar-refractivity contribution is -0.116. The van der Waals surface area contributed by atoms with E-state index < -0.39 is 0 Å². The number of fused-ring (bicyclic) bond motifs is 2. The van der Waals surface area contributed by atoms with Gasteiger partial charge < -0.3 is 10.3 Å².